The summed E-state index contributed by atoms with van der Waals surface area (Å²) in [6.07, 6.45) is 6.92. The second-order valence-electron chi connectivity index (χ2n) is 5.63. The van der Waals surface area contributed by atoms with Gasteiger partial charge < -0.3 is 9.47 Å². The lowest BCUT2D eigenvalue weighted by Gasteiger charge is -2.34. The Labute approximate surface area is 144 Å². The van der Waals surface area contributed by atoms with Gasteiger partial charge in [-0.1, -0.05) is 49.1 Å². The van der Waals surface area contributed by atoms with Gasteiger partial charge in [0.15, 0.2) is 0 Å². The molecule has 24 heavy (non-hydrogen) atoms. The molecular weight excluding hydrogens is 302 g/mol. The Balaban J connectivity index is 2.15. The summed E-state index contributed by atoms with van der Waals surface area (Å²) in [5.74, 6) is 0.649. The van der Waals surface area contributed by atoms with E-state index in [0.717, 1.165) is 24.1 Å². The van der Waals surface area contributed by atoms with Crippen molar-refractivity contribution in [1.82, 2.24) is 4.90 Å². The van der Waals surface area contributed by atoms with Crippen molar-refractivity contribution < 1.29 is 14.3 Å². The lowest BCUT2D eigenvalue weighted by atomic mass is 10.0. The molecule has 1 aromatic rings. The van der Waals surface area contributed by atoms with Crippen LogP contribution < -0.4 is 0 Å². The molecule has 1 heterocycles. The molecule has 0 radical (unpaired) electrons. The number of allylic oxidation sites excluding steroid dienone is 3. The summed E-state index contributed by atoms with van der Waals surface area (Å²) in [7, 11) is 0. The highest BCUT2D eigenvalue weighted by Gasteiger charge is 2.30. The maximum Gasteiger partial charge on any atom is 0.414 e. The van der Waals surface area contributed by atoms with Crippen LogP contribution in [0.1, 0.15) is 32.3 Å². The van der Waals surface area contributed by atoms with E-state index in [9.17, 15) is 4.79 Å². The molecule has 4 heteroatoms. The molecule has 1 aliphatic rings. The minimum absolute atomic E-state index is 0.0574. The largest absolute Gasteiger partial charge is 0.492 e. The van der Waals surface area contributed by atoms with E-state index in [1.165, 1.54) is 0 Å². The summed E-state index contributed by atoms with van der Waals surface area (Å²) in [6.45, 7) is 8.45. The molecule has 1 unspecified atom stereocenters. The van der Waals surface area contributed by atoms with Crippen molar-refractivity contribution in [3.63, 3.8) is 0 Å². The van der Waals surface area contributed by atoms with Gasteiger partial charge in [0.05, 0.1) is 12.3 Å². The lowest BCUT2D eigenvalue weighted by Crippen LogP contribution is -2.41. The van der Waals surface area contributed by atoms with E-state index in [-0.39, 0.29) is 18.7 Å². The van der Waals surface area contributed by atoms with Crippen LogP contribution in [-0.2, 0) is 16.1 Å². The molecule has 128 valence electrons. The second kappa shape index (κ2) is 8.96. The number of hydrogen-bond donors (Lipinski definition) is 0. The number of nitrogens with zero attached hydrogens (tertiary/aromatic N) is 1. The van der Waals surface area contributed by atoms with E-state index < -0.39 is 0 Å². The van der Waals surface area contributed by atoms with Crippen LogP contribution in [0.5, 0.6) is 0 Å². The van der Waals surface area contributed by atoms with Gasteiger partial charge in [-0.25, -0.2) is 4.79 Å². The van der Waals surface area contributed by atoms with E-state index >= 15 is 0 Å². The molecule has 0 fully saturated rings. The van der Waals surface area contributed by atoms with E-state index in [4.69, 9.17) is 9.47 Å². The standard InChI is InChI=1S/C20H25NO3/c1-4-10-19(23-5-2)18-14-9-11-16(3)21(18)20(22)24-15-17-12-7-6-8-13-17/h4,6-8,10,12-14,16H,1,5,9,11,15H2,2-3H3/b19-10+. The summed E-state index contributed by atoms with van der Waals surface area (Å²) in [4.78, 5) is 14.3. The quantitative estimate of drug-likeness (QED) is 0.556. The zero-order valence-electron chi connectivity index (χ0n) is 14.4. The van der Waals surface area contributed by atoms with Crippen molar-refractivity contribution in [2.24, 2.45) is 0 Å². The van der Waals surface area contributed by atoms with E-state index in [0.29, 0.717) is 12.4 Å². The van der Waals surface area contributed by atoms with Gasteiger partial charge in [0.25, 0.3) is 0 Å². The van der Waals surface area contributed by atoms with E-state index in [1.54, 1.807) is 17.1 Å². The molecule has 1 amide bonds. The summed E-state index contributed by atoms with van der Waals surface area (Å²) in [6, 6.07) is 9.73. The van der Waals surface area contributed by atoms with E-state index in [1.807, 2.05) is 50.3 Å². The van der Waals surface area contributed by atoms with Crippen LogP contribution in [0.15, 0.2) is 66.6 Å². The molecular formula is C20H25NO3. The van der Waals surface area contributed by atoms with Crippen molar-refractivity contribution >= 4 is 6.09 Å². The minimum atomic E-state index is -0.355. The minimum Gasteiger partial charge on any atom is -0.492 e. The average Bonchev–Trinajstić information content (AvgIpc) is 2.60. The van der Waals surface area contributed by atoms with Crippen LogP contribution >= 0.6 is 0 Å². The molecule has 0 aliphatic carbocycles. The third-order valence-electron chi connectivity index (χ3n) is 3.85. The third kappa shape index (κ3) is 4.51. The zero-order chi connectivity index (χ0) is 17.4. The Morgan fingerprint density at radius 2 is 2.08 bits per heavy atom. The molecule has 0 spiro atoms. The fourth-order valence-corrected chi connectivity index (χ4v) is 2.68. The van der Waals surface area contributed by atoms with Crippen molar-refractivity contribution in [1.29, 1.82) is 0 Å². The summed E-state index contributed by atoms with van der Waals surface area (Å²) >= 11 is 0. The van der Waals surface area contributed by atoms with Gasteiger partial charge in [-0.2, -0.15) is 0 Å². The van der Waals surface area contributed by atoms with Gasteiger partial charge >= 0.3 is 6.09 Å². The second-order valence-corrected chi connectivity index (χ2v) is 5.63. The fourth-order valence-electron chi connectivity index (χ4n) is 2.68. The number of rotatable bonds is 6. The normalized spacial score (nSPS) is 17.9. The molecule has 0 aromatic heterocycles. The van der Waals surface area contributed by atoms with Crippen molar-refractivity contribution in [3.8, 4) is 0 Å². The third-order valence-corrected chi connectivity index (χ3v) is 3.85. The maximum atomic E-state index is 12.7. The van der Waals surface area contributed by atoms with Gasteiger partial charge in [-0.3, -0.25) is 4.90 Å². The summed E-state index contributed by atoms with van der Waals surface area (Å²) in [5, 5.41) is 0. The molecule has 1 aliphatic heterocycles. The molecule has 0 saturated carbocycles. The SMILES string of the molecule is C=C/C=C(/OCC)C1=CCCC(C)N1C(=O)OCc1ccccc1. The first-order valence-corrected chi connectivity index (χ1v) is 8.33. The molecule has 2 rings (SSSR count). The molecule has 0 bridgehead atoms. The first-order valence-electron chi connectivity index (χ1n) is 8.33. The maximum absolute atomic E-state index is 12.7. The van der Waals surface area contributed by atoms with Crippen LogP contribution in [0.4, 0.5) is 4.79 Å². The number of carbonyl (C=O) groups excluding carboxylic acids is 1. The summed E-state index contributed by atoms with van der Waals surface area (Å²) in [5.41, 5.74) is 1.72. The fraction of sp³-hybridized carbons (Fsp3) is 0.350. The van der Waals surface area contributed by atoms with Crippen molar-refractivity contribution in [3.05, 3.63) is 72.2 Å². The Kier molecular flexibility index (Phi) is 6.67. The Morgan fingerprint density at radius 1 is 1.33 bits per heavy atom. The van der Waals surface area contributed by atoms with Gasteiger partial charge in [0.2, 0.25) is 0 Å². The number of amides is 1. The number of benzene rings is 1. The molecule has 0 N–H and O–H groups in total. The van der Waals surface area contributed by atoms with Gasteiger partial charge in [-0.05, 0) is 38.3 Å². The van der Waals surface area contributed by atoms with Crippen LogP contribution in [0.3, 0.4) is 0 Å². The Morgan fingerprint density at radius 3 is 2.75 bits per heavy atom. The highest BCUT2D eigenvalue weighted by atomic mass is 16.6. The molecule has 0 saturated heterocycles. The smallest absolute Gasteiger partial charge is 0.414 e. The van der Waals surface area contributed by atoms with Gasteiger partial charge in [0.1, 0.15) is 12.4 Å². The first-order chi connectivity index (χ1) is 11.7. The highest BCUT2D eigenvalue weighted by Crippen LogP contribution is 2.28. The van der Waals surface area contributed by atoms with Crippen molar-refractivity contribution in [2.45, 2.75) is 39.3 Å². The van der Waals surface area contributed by atoms with E-state index in [2.05, 4.69) is 6.58 Å². The highest BCUT2D eigenvalue weighted by molar-refractivity contribution is 5.72. The Hall–Kier alpha value is -2.49. The molecule has 1 atom stereocenters. The predicted molar refractivity (Wildman–Crippen MR) is 95.2 cm³/mol. The van der Waals surface area contributed by atoms with Crippen LogP contribution in [-0.4, -0.2) is 23.6 Å². The van der Waals surface area contributed by atoms with Crippen LogP contribution in [0.2, 0.25) is 0 Å². The van der Waals surface area contributed by atoms with Crippen LogP contribution in [0.25, 0.3) is 0 Å². The topological polar surface area (TPSA) is 38.8 Å². The van der Waals surface area contributed by atoms with Crippen LogP contribution in [0, 0.1) is 0 Å². The van der Waals surface area contributed by atoms with Gasteiger partial charge in [0, 0.05) is 6.04 Å². The first kappa shape index (κ1) is 17.9. The lowest BCUT2D eigenvalue weighted by molar-refractivity contribution is 0.0879. The number of ether oxygens (including phenoxy) is 2. The Bertz CT molecular complexity index is 619. The summed E-state index contributed by atoms with van der Waals surface area (Å²) < 4.78 is 11.2. The molecule has 4 nitrogen and oxygen atoms in total. The number of hydrogen-bond acceptors (Lipinski definition) is 3. The zero-order valence-corrected chi connectivity index (χ0v) is 14.4. The monoisotopic (exact) mass is 327 g/mol. The van der Waals surface area contributed by atoms with Crippen molar-refractivity contribution in [2.75, 3.05) is 6.61 Å². The average molecular weight is 327 g/mol. The van der Waals surface area contributed by atoms with Gasteiger partial charge in [-0.15, -0.1) is 0 Å². The predicted octanol–water partition coefficient (Wildman–Crippen LogP) is 4.80. The molecule has 1 aromatic carbocycles. The number of carbonyl (C=O) groups is 1.